The minimum atomic E-state index is 0.289. The van der Waals surface area contributed by atoms with Crippen LogP contribution in [0.2, 0.25) is 0 Å². The lowest BCUT2D eigenvalue weighted by atomic mass is 9.44. The lowest BCUT2D eigenvalue weighted by Crippen LogP contribution is -2.54. The highest BCUT2D eigenvalue weighted by Gasteiger charge is 2.65. The average Bonchev–Trinajstić information content (AvgIpc) is 3.20. The Bertz CT molecular complexity index is 634. The molecule has 0 aromatic heterocycles. The van der Waals surface area contributed by atoms with Gasteiger partial charge in [-0.2, -0.15) is 0 Å². The summed E-state index contributed by atoms with van der Waals surface area (Å²) in [6, 6.07) is 0. The van der Waals surface area contributed by atoms with Crippen LogP contribution in [-0.4, -0.2) is 18.9 Å². The van der Waals surface area contributed by atoms with Crippen LogP contribution in [-0.2, 0) is 4.74 Å². The second kappa shape index (κ2) is 7.75. The van der Waals surface area contributed by atoms with Crippen molar-refractivity contribution < 1.29 is 4.74 Å². The molecule has 11 unspecified atom stereocenters. The van der Waals surface area contributed by atoms with E-state index < -0.39 is 0 Å². The highest BCUT2D eigenvalue weighted by Crippen LogP contribution is 2.70. The van der Waals surface area contributed by atoms with Gasteiger partial charge < -0.3 is 4.74 Å². The zero-order valence-electron chi connectivity index (χ0n) is 20.8. The molecule has 1 aliphatic heterocycles. The predicted molar refractivity (Wildman–Crippen MR) is 125 cm³/mol. The van der Waals surface area contributed by atoms with E-state index in [0.717, 1.165) is 48.0 Å². The van der Waals surface area contributed by atoms with Gasteiger partial charge in [0, 0.05) is 12.5 Å². The average molecular weight is 416 g/mol. The van der Waals surface area contributed by atoms with Crippen molar-refractivity contribution in [3.63, 3.8) is 0 Å². The molecule has 1 saturated heterocycles. The molecule has 5 aliphatic rings. The van der Waals surface area contributed by atoms with E-state index in [4.69, 9.17) is 4.74 Å². The van der Waals surface area contributed by atoms with Crippen LogP contribution in [0.5, 0.6) is 0 Å². The monoisotopic (exact) mass is 415 g/mol. The fraction of sp³-hybridized carbons (Fsp3) is 1.00. The molecule has 1 N–H and O–H groups in total. The van der Waals surface area contributed by atoms with E-state index in [1.165, 1.54) is 57.8 Å². The van der Waals surface area contributed by atoms with E-state index in [2.05, 4.69) is 46.9 Å². The Labute approximate surface area is 186 Å². The molecule has 12 atom stereocenters. The van der Waals surface area contributed by atoms with Gasteiger partial charge in [0.1, 0.15) is 6.23 Å². The third-order valence-corrected chi connectivity index (χ3v) is 11.7. The van der Waals surface area contributed by atoms with Crippen LogP contribution < -0.4 is 5.32 Å². The van der Waals surface area contributed by atoms with Crippen LogP contribution in [0, 0.1) is 58.2 Å². The van der Waals surface area contributed by atoms with E-state index in [9.17, 15) is 0 Å². The largest absolute Gasteiger partial charge is 0.360 e. The molecule has 5 rings (SSSR count). The van der Waals surface area contributed by atoms with Crippen LogP contribution in [0.1, 0.15) is 99.3 Å². The summed E-state index contributed by atoms with van der Waals surface area (Å²) in [6.45, 7) is 16.2. The first-order valence-corrected chi connectivity index (χ1v) is 13.7. The van der Waals surface area contributed by atoms with E-state index >= 15 is 0 Å². The van der Waals surface area contributed by atoms with Crippen LogP contribution in [0.15, 0.2) is 0 Å². The minimum Gasteiger partial charge on any atom is -0.360 e. The summed E-state index contributed by atoms with van der Waals surface area (Å²) in [6.07, 6.45) is 13.9. The van der Waals surface area contributed by atoms with E-state index in [0.29, 0.717) is 22.9 Å². The summed E-state index contributed by atoms with van der Waals surface area (Å²) < 4.78 is 6.76. The first-order valence-electron chi connectivity index (χ1n) is 13.7. The van der Waals surface area contributed by atoms with Gasteiger partial charge in [0.25, 0.3) is 0 Å². The van der Waals surface area contributed by atoms with Crippen molar-refractivity contribution >= 4 is 0 Å². The summed E-state index contributed by atoms with van der Waals surface area (Å²) in [5.74, 6) is 7.05. The lowest BCUT2D eigenvalue weighted by molar-refractivity contribution is -0.121. The Hall–Kier alpha value is -0.0800. The maximum atomic E-state index is 6.76. The second-order valence-corrected chi connectivity index (χ2v) is 13.2. The summed E-state index contributed by atoms with van der Waals surface area (Å²) in [5.41, 5.74) is 1.16. The normalized spacial score (nSPS) is 56.0. The molecule has 2 nitrogen and oxygen atoms in total. The highest BCUT2D eigenvalue weighted by atomic mass is 16.5. The fourth-order valence-corrected chi connectivity index (χ4v) is 9.78. The minimum absolute atomic E-state index is 0.289. The van der Waals surface area contributed by atoms with Crippen molar-refractivity contribution in [1.82, 2.24) is 5.32 Å². The molecule has 0 spiro atoms. The molecule has 4 saturated carbocycles. The third kappa shape index (κ3) is 3.17. The molecule has 4 aliphatic carbocycles. The first kappa shape index (κ1) is 21.7. The fourth-order valence-electron chi connectivity index (χ4n) is 9.78. The molecule has 0 aromatic carbocycles. The molecule has 0 radical (unpaired) electrons. The zero-order valence-corrected chi connectivity index (χ0v) is 20.8. The predicted octanol–water partition coefficient (Wildman–Crippen LogP) is 6.89. The number of hydrogen-bond acceptors (Lipinski definition) is 2. The quantitative estimate of drug-likeness (QED) is 0.540. The second-order valence-electron chi connectivity index (χ2n) is 13.2. The SMILES string of the molecule is CC[C@H](C)CNC1OC2CC3C4CCC5CC(C)CCC5(C)C4CCC3(C)C2C1C. The summed E-state index contributed by atoms with van der Waals surface area (Å²) >= 11 is 0. The van der Waals surface area contributed by atoms with Gasteiger partial charge in [0.05, 0.1) is 6.10 Å². The molecule has 1 heterocycles. The molecule has 0 aromatic rings. The molecular weight excluding hydrogens is 366 g/mol. The van der Waals surface area contributed by atoms with Gasteiger partial charge in [-0.1, -0.05) is 54.4 Å². The maximum Gasteiger partial charge on any atom is 0.111 e. The van der Waals surface area contributed by atoms with Crippen LogP contribution in [0.4, 0.5) is 0 Å². The summed E-state index contributed by atoms with van der Waals surface area (Å²) in [7, 11) is 0. The number of nitrogens with one attached hydrogen (secondary N) is 1. The van der Waals surface area contributed by atoms with Gasteiger partial charge in [-0.3, -0.25) is 5.32 Å². The molecule has 172 valence electrons. The number of ether oxygens (including phenoxy) is 1. The Morgan fingerprint density at radius 2 is 1.73 bits per heavy atom. The van der Waals surface area contributed by atoms with Crippen LogP contribution in [0.3, 0.4) is 0 Å². The number of rotatable bonds is 4. The molecule has 2 heteroatoms. The number of hydrogen-bond donors (Lipinski definition) is 1. The van der Waals surface area contributed by atoms with E-state index in [1.807, 2.05) is 0 Å². The van der Waals surface area contributed by atoms with E-state index in [1.54, 1.807) is 0 Å². The smallest absolute Gasteiger partial charge is 0.111 e. The van der Waals surface area contributed by atoms with Gasteiger partial charge in [-0.15, -0.1) is 0 Å². The van der Waals surface area contributed by atoms with Crippen LogP contribution >= 0.6 is 0 Å². The standard InChI is InChI=1S/C28H49NO/c1-7-17(2)16-29-26-19(4)25-24(30-26)15-23-21-9-8-20-14-18(3)10-12-27(20,5)22(21)11-13-28(23,25)6/h17-26,29H,7-16H2,1-6H3/t17-,18?,19?,20?,21?,22?,23?,24?,25?,26?,27?,28?/m0/s1. The lowest BCUT2D eigenvalue weighted by Gasteiger charge is -2.61. The Kier molecular flexibility index (Phi) is 5.62. The maximum absolute atomic E-state index is 6.76. The molecule has 0 bridgehead atoms. The van der Waals surface area contributed by atoms with Gasteiger partial charge in [0.2, 0.25) is 0 Å². The zero-order chi connectivity index (χ0) is 21.3. The van der Waals surface area contributed by atoms with Crippen LogP contribution in [0.25, 0.3) is 0 Å². The van der Waals surface area contributed by atoms with E-state index in [-0.39, 0.29) is 6.23 Å². The summed E-state index contributed by atoms with van der Waals surface area (Å²) in [5, 5.41) is 3.80. The molecular formula is C28H49NO. The van der Waals surface area contributed by atoms with Crippen molar-refractivity contribution in [2.75, 3.05) is 6.54 Å². The number of fused-ring (bicyclic) bond motifs is 7. The topological polar surface area (TPSA) is 21.3 Å². The molecule has 5 fully saturated rings. The van der Waals surface area contributed by atoms with Crippen molar-refractivity contribution in [3.05, 3.63) is 0 Å². The van der Waals surface area contributed by atoms with Crippen molar-refractivity contribution in [2.45, 2.75) is 112 Å². The third-order valence-electron chi connectivity index (χ3n) is 11.7. The van der Waals surface area contributed by atoms with Crippen molar-refractivity contribution in [3.8, 4) is 0 Å². The van der Waals surface area contributed by atoms with Gasteiger partial charge >= 0.3 is 0 Å². The Morgan fingerprint density at radius 3 is 2.50 bits per heavy atom. The van der Waals surface area contributed by atoms with Gasteiger partial charge in [-0.25, -0.2) is 0 Å². The van der Waals surface area contributed by atoms with Crippen molar-refractivity contribution in [1.29, 1.82) is 0 Å². The highest BCUT2D eigenvalue weighted by molar-refractivity contribution is 5.13. The molecule has 30 heavy (non-hydrogen) atoms. The van der Waals surface area contributed by atoms with Gasteiger partial charge in [0.15, 0.2) is 0 Å². The Morgan fingerprint density at radius 1 is 0.967 bits per heavy atom. The Balaban J connectivity index is 1.32. The van der Waals surface area contributed by atoms with Gasteiger partial charge in [-0.05, 0) is 97.2 Å². The van der Waals surface area contributed by atoms with Crippen molar-refractivity contribution in [2.24, 2.45) is 58.2 Å². The molecule has 0 amide bonds. The first-order chi connectivity index (χ1) is 14.3. The summed E-state index contributed by atoms with van der Waals surface area (Å²) in [4.78, 5) is 0.